The summed E-state index contributed by atoms with van der Waals surface area (Å²) in [5.41, 5.74) is -0.494. The topological polar surface area (TPSA) is 102 Å². The van der Waals surface area contributed by atoms with Crippen LogP contribution in [0.5, 0.6) is 5.75 Å². The van der Waals surface area contributed by atoms with E-state index in [-0.39, 0.29) is 23.2 Å². The highest BCUT2D eigenvalue weighted by Crippen LogP contribution is 2.28. The van der Waals surface area contributed by atoms with E-state index in [1.807, 2.05) is 6.92 Å². The van der Waals surface area contributed by atoms with E-state index in [9.17, 15) is 18.5 Å². The highest BCUT2D eigenvalue weighted by molar-refractivity contribution is 7.89. The molecule has 2 rings (SSSR count). The molecule has 1 aromatic carbocycles. The third kappa shape index (κ3) is 4.90. The van der Waals surface area contributed by atoms with Crippen LogP contribution in [-0.4, -0.2) is 51.0 Å². The summed E-state index contributed by atoms with van der Waals surface area (Å²) >= 11 is 0. The third-order valence-electron chi connectivity index (χ3n) is 4.66. The zero-order chi connectivity index (χ0) is 18.6. The number of nitro groups is 1. The zero-order valence-electron chi connectivity index (χ0n) is 14.8. The van der Waals surface area contributed by atoms with Gasteiger partial charge in [-0.25, -0.2) is 13.1 Å². The van der Waals surface area contributed by atoms with Crippen LogP contribution in [0.1, 0.15) is 26.7 Å². The summed E-state index contributed by atoms with van der Waals surface area (Å²) in [4.78, 5) is 12.4. The average molecular weight is 371 g/mol. The van der Waals surface area contributed by atoms with Crippen molar-refractivity contribution in [2.45, 2.75) is 37.6 Å². The van der Waals surface area contributed by atoms with Gasteiger partial charge in [-0.1, -0.05) is 6.92 Å². The van der Waals surface area contributed by atoms with Crippen molar-refractivity contribution in [1.29, 1.82) is 0 Å². The molecule has 1 N–H and O–H groups in total. The van der Waals surface area contributed by atoms with Crippen LogP contribution in [-0.2, 0) is 10.0 Å². The van der Waals surface area contributed by atoms with E-state index in [1.165, 1.54) is 19.2 Å². The fourth-order valence-electron chi connectivity index (χ4n) is 2.90. The van der Waals surface area contributed by atoms with Gasteiger partial charge < -0.3 is 4.74 Å². The molecule has 25 heavy (non-hydrogen) atoms. The number of nitro benzene ring substituents is 1. The Hall–Kier alpha value is -1.71. The first-order chi connectivity index (χ1) is 11.7. The Balaban J connectivity index is 2.10. The molecule has 1 aliphatic heterocycles. The van der Waals surface area contributed by atoms with Gasteiger partial charge in [0.05, 0.1) is 18.1 Å². The van der Waals surface area contributed by atoms with Crippen molar-refractivity contribution in [3.8, 4) is 5.75 Å². The van der Waals surface area contributed by atoms with Crippen LogP contribution < -0.4 is 9.46 Å². The summed E-state index contributed by atoms with van der Waals surface area (Å²) in [5, 5.41) is 11.2. The molecule has 9 heteroatoms. The van der Waals surface area contributed by atoms with E-state index in [0.29, 0.717) is 5.92 Å². The van der Waals surface area contributed by atoms with Crippen molar-refractivity contribution in [3.63, 3.8) is 0 Å². The summed E-state index contributed by atoms with van der Waals surface area (Å²) in [6.07, 6.45) is 2.20. The van der Waals surface area contributed by atoms with Crippen LogP contribution in [0.4, 0.5) is 5.69 Å². The number of hydrogen-bond donors (Lipinski definition) is 1. The van der Waals surface area contributed by atoms with E-state index >= 15 is 0 Å². The summed E-state index contributed by atoms with van der Waals surface area (Å²) in [6, 6.07) is 3.74. The molecular weight excluding hydrogens is 346 g/mol. The lowest BCUT2D eigenvalue weighted by molar-refractivity contribution is -0.387. The molecule has 0 bridgehead atoms. The van der Waals surface area contributed by atoms with Crippen LogP contribution in [0.3, 0.4) is 0 Å². The van der Waals surface area contributed by atoms with E-state index in [2.05, 4.69) is 16.5 Å². The van der Waals surface area contributed by atoms with Crippen molar-refractivity contribution in [1.82, 2.24) is 9.62 Å². The standard InChI is InChI=1S/C16H25N3O5S/c1-12-6-8-18(9-7-12)13(2)11-17-25(22,23)16-5-4-14(24-3)10-15(16)19(20)21/h4-5,10,12-13,17H,6-9,11H2,1-3H3. The number of benzene rings is 1. The monoisotopic (exact) mass is 371 g/mol. The Morgan fingerprint density at radius 3 is 2.60 bits per heavy atom. The van der Waals surface area contributed by atoms with Gasteiger partial charge in [-0.3, -0.25) is 15.0 Å². The summed E-state index contributed by atoms with van der Waals surface area (Å²) < 4.78 is 32.5. The van der Waals surface area contributed by atoms with Gasteiger partial charge in [0.2, 0.25) is 10.0 Å². The van der Waals surface area contributed by atoms with Gasteiger partial charge in [0, 0.05) is 12.6 Å². The number of hydrogen-bond acceptors (Lipinski definition) is 6. The number of nitrogens with one attached hydrogen (secondary N) is 1. The number of nitrogens with zero attached hydrogens (tertiary/aromatic N) is 2. The maximum absolute atomic E-state index is 12.5. The Morgan fingerprint density at radius 1 is 1.40 bits per heavy atom. The zero-order valence-corrected chi connectivity index (χ0v) is 15.6. The van der Waals surface area contributed by atoms with Gasteiger partial charge in [-0.05, 0) is 50.9 Å². The molecule has 1 saturated heterocycles. The maximum Gasteiger partial charge on any atom is 0.293 e. The second-order valence-electron chi connectivity index (χ2n) is 6.51. The minimum absolute atomic E-state index is 0.0274. The largest absolute Gasteiger partial charge is 0.497 e. The molecular formula is C16H25N3O5S. The lowest BCUT2D eigenvalue weighted by Crippen LogP contribution is -2.45. The van der Waals surface area contributed by atoms with Gasteiger partial charge in [0.1, 0.15) is 5.75 Å². The van der Waals surface area contributed by atoms with Gasteiger partial charge in [0.25, 0.3) is 5.69 Å². The van der Waals surface area contributed by atoms with Crippen LogP contribution in [0, 0.1) is 16.0 Å². The predicted molar refractivity (Wildman–Crippen MR) is 94.3 cm³/mol. The molecule has 0 saturated carbocycles. The molecule has 1 heterocycles. The quantitative estimate of drug-likeness (QED) is 0.581. The molecule has 0 amide bonds. The van der Waals surface area contributed by atoms with E-state index in [1.54, 1.807) is 0 Å². The average Bonchev–Trinajstić information content (AvgIpc) is 2.59. The minimum atomic E-state index is -3.98. The molecule has 1 aliphatic rings. The van der Waals surface area contributed by atoms with Gasteiger partial charge in [0.15, 0.2) is 4.90 Å². The number of ether oxygens (including phenoxy) is 1. The number of methoxy groups -OCH3 is 1. The number of piperidine rings is 1. The van der Waals surface area contributed by atoms with E-state index < -0.39 is 20.6 Å². The second kappa shape index (κ2) is 8.11. The third-order valence-corrected chi connectivity index (χ3v) is 6.13. The molecule has 1 aromatic rings. The van der Waals surface area contributed by atoms with Gasteiger partial charge >= 0.3 is 0 Å². The Bertz CT molecular complexity index is 714. The Kier molecular flexibility index (Phi) is 6.36. The SMILES string of the molecule is COc1ccc(S(=O)(=O)NCC(C)N2CCC(C)CC2)c([N+](=O)[O-])c1. The summed E-state index contributed by atoms with van der Waals surface area (Å²) in [5.74, 6) is 0.934. The van der Waals surface area contributed by atoms with Crippen LogP contribution >= 0.6 is 0 Å². The molecule has 8 nitrogen and oxygen atoms in total. The molecule has 0 radical (unpaired) electrons. The first-order valence-electron chi connectivity index (χ1n) is 8.30. The van der Waals surface area contributed by atoms with Crippen molar-refractivity contribution in [2.24, 2.45) is 5.92 Å². The van der Waals surface area contributed by atoms with E-state index in [4.69, 9.17) is 4.74 Å². The lowest BCUT2D eigenvalue weighted by Gasteiger charge is -2.34. The molecule has 1 fully saturated rings. The van der Waals surface area contributed by atoms with Crippen LogP contribution in [0.15, 0.2) is 23.1 Å². The Morgan fingerprint density at radius 2 is 2.04 bits per heavy atom. The predicted octanol–water partition coefficient (Wildman–Crippen LogP) is 2.00. The second-order valence-corrected chi connectivity index (χ2v) is 8.25. The minimum Gasteiger partial charge on any atom is -0.497 e. The lowest BCUT2D eigenvalue weighted by atomic mass is 9.98. The van der Waals surface area contributed by atoms with Crippen molar-refractivity contribution >= 4 is 15.7 Å². The highest BCUT2D eigenvalue weighted by Gasteiger charge is 2.28. The van der Waals surface area contributed by atoms with Gasteiger partial charge in [-0.15, -0.1) is 0 Å². The fourth-order valence-corrected chi connectivity index (χ4v) is 4.17. The molecule has 0 aromatic heterocycles. The highest BCUT2D eigenvalue weighted by atomic mass is 32.2. The first-order valence-corrected chi connectivity index (χ1v) is 9.79. The van der Waals surface area contributed by atoms with Crippen LogP contribution in [0.25, 0.3) is 0 Å². The van der Waals surface area contributed by atoms with Crippen molar-refractivity contribution in [3.05, 3.63) is 28.3 Å². The number of sulfonamides is 1. The summed E-state index contributed by atoms with van der Waals surface area (Å²) in [7, 11) is -2.61. The maximum atomic E-state index is 12.5. The molecule has 1 atom stereocenters. The molecule has 140 valence electrons. The van der Waals surface area contributed by atoms with E-state index in [0.717, 1.165) is 32.0 Å². The fraction of sp³-hybridized carbons (Fsp3) is 0.625. The molecule has 0 spiro atoms. The number of rotatable bonds is 7. The van der Waals surface area contributed by atoms with Crippen LogP contribution in [0.2, 0.25) is 0 Å². The van der Waals surface area contributed by atoms with Gasteiger partial charge in [-0.2, -0.15) is 0 Å². The number of likely N-dealkylation sites (tertiary alicyclic amines) is 1. The molecule has 1 unspecified atom stereocenters. The van der Waals surface area contributed by atoms with Crippen molar-refractivity contribution in [2.75, 3.05) is 26.7 Å². The van der Waals surface area contributed by atoms with Crippen molar-refractivity contribution < 1.29 is 18.1 Å². The summed E-state index contributed by atoms with van der Waals surface area (Å²) in [6.45, 7) is 6.26. The molecule has 0 aliphatic carbocycles. The Labute approximate surface area is 148 Å². The normalized spacial score (nSPS) is 18.0. The first kappa shape index (κ1) is 19.6. The smallest absolute Gasteiger partial charge is 0.293 e.